The molecule has 0 spiro atoms. The van der Waals surface area contributed by atoms with E-state index in [0.29, 0.717) is 17.2 Å². The Morgan fingerprint density at radius 2 is 1.85 bits per heavy atom. The van der Waals surface area contributed by atoms with Crippen LogP contribution in [0.1, 0.15) is 31.2 Å². The average Bonchev–Trinajstić information content (AvgIpc) is 3.18. The Hall–Kier alpha value is -2.27. The van der Waals surface area contributed by atoms with Crippen molar-refractivity contribution in [1.82, 2.24) is 9.55 Å². The average molecular weight is 366 g/mol. The molecule has 0 N–H and O–H groups in total. The Morgan fingerprint density at radius 3 is 2.58 bits per heavy atom. The van der Waals surface area contributed by atoms with Crippen molar-refractivity contribution in [3.05, 3.63) is 64.4 Å². The highest BCUT2D eigenvalue weighted by Crippen LogP contribution is 2.34. The normalized spacial score (nSPS) is 14.8. The van der Waals surface area contributed by atoms with E-state index in [-0.39, 0.29) is 5.56 Å². The van der Waals surface area contributed by atoms with Crippen molar-refractivity contribution in [1.29, 1.82) is 0 Å². The minimum Gasteiger partial charge on any atom is -0.497 e. The summed E-state index contributed by atoms with van der Waals surface area (Å²) in [5.74, 6) is 0.818. The van der Waals surface area contributed by atoms with E-state index < -0.39 is 0 Å². The highest BCUT2D eigenvalue weighted by molar-refractivity contribution is 7.99. The van der Waals surface area contributed by atoms with Crippen molar-refractivity contribution in [3.63, 3.8) is 0 Å². The summed E-state index contributed by atoms with van der Waals surface area (Å²) in [6.07, 6.45) is 4.95. The first-order chi connectivity index (χ1) is 12.7. The molecule has 1 aliphatic carbocycles. The van der Waals surface area contributed by atoms with Crippen LogP contribution in [0.25, 0.3) is 10.9 Å². The topological polar surface area (TPSA) is 44.1 Å². The zero-order chi connectivity index (χ0) is 17.9. The number of hydrogen-bond donors (Lipinski definition) is 0. The smallest absolute Gasteiger partial charge is 0.262 e. The van der Waals surface area contributed by atoms with E-state index in [4.69, 9.17) is 9.72 Å². The number of rotatable bonds is 5. The summed E-state index contributed by atoms with van der Waals surface area (Å²) in [7, 11) is 1.66. The number of thioether (sulfide) groups is 1. The van der Waals surface area contributed by atoms with Crippen LogP contribution in [0.4, 0.5) is 0 Å². The molecule has 5 heteroatoms. The molecule has 1 heterocycles. The zero-order valence-corrected chi connectivity index (χ0v) is 15.7. The Labute approximate surface area is 157 Å². The van der Waals surface area contributed by atoms with Crippen molar-refractivity contribution in [2.24, 2.45) is 0 Å². The lowest BCUT2D eigenvalue weighted by Crippen LogP contribution is -2.24. The summed E-state index contributed by atoms with van der Waals surface area (Å²) >= 11 is 1.76. The summed E-state index contributed by atoms with van der Waals surface area (Å²) in [5.41, 5.74) is 1.88. The first-order valence-electron chi connectivity index (χ1n) is 9.04. The van der Waals surface area contributed by atoms with Gasteiger partial charge in [0.05, 0.1) is 24.6 Å². The van der Waals surface area contributed by atoms with Gasteiger partial charge in [0.25, 0.3) is 5.56 Å². The Balaban J connectivity index is 1.76. The van der Waals surface area contributed by atoms with Gasteiger partial charge < -0.3 is 4.74 Å². The van der Waals surface area contributed by atoms with Crippen molar-refractivity contribution in [2.75, 3.05) is 7.11 Å². The largest absolute Gasteiger partial charge is 0.497 e. The van der Waals surface area contributed by atoms with Crippen LogP contribution in [0.3, 0.4) is 0 Å². The molecule has 0 saturated heterocycles. The second-order valence-corrected chi connectivity index (χ2v) is 7.94. The molecule has 0 atom stereocenters. The third-order valence-corrected chi connectivity index (χ3v) is 6.23. The van der Waals surface area contributed by atoms with Crippen LogP contribution >= 0.6 is 11.8 Å². The molecular formula is C21H22N2O2S. The van der Waals surface area contributed by atoms with Crippen LogP contribution in [0.2, 0.25) is 0 Å². The Kier molecular flexibility index (Phi) is 4.98. The third kappa shape index (κ3) is 3.49. The van der Waals surface area contributed by atoms with Gasteiger partial charge in [0.2, 0.25) is 0 Å². The van der Waals surface area contributed by atoms with Crippen LogP contribution in [0.5, 0.6) is 5.75 Å². The maximum atomic E-state index is 13.1. The summed E-state index contributed by atoms with van der Waals surface area (Å²) in [6.45, 7) is 0.524. The number of ether oxygens (including phenoxy) is 1. The fourth-order valence-electron chi connectivity index (χ4n) is 3.45. The quantitative estimate of drug-likeness (QED) is 0.624. The molecule has 0 radical (unpaired) electrons. The number of benzene rings is 2. The van der Waals surface area contributed by atoms with Gasteiger partial charge in [0, 0.05) is 5.25 Å². The summed E-state index contributed by atoms with van der Waals surface area (Å²) < 4.78 is 7.05. The van der Waals surface area contributed by atoms with Gasteiger partial charge in [-0.3, -0.25) is 9.36 Å². The van der Waals surface area contributed by atoms with E-state index in [9.17, 15) is 4.79 Å². The minimum absolute atomic E-state index is 0.0342. The number of fused-ring (bicyclic) bond motifs is 1. The third-order valence-electron chi connectivity index (χ3n) is 4.90. The fourth-order valence-corrected chi connectivity index (χ4v) is 4.74. The molecule has 3 aromatic rings. The van der Waals surface area contributed by atoms with Gasteiger partial charge in [-0.15, -0.1) is 0 Å². The van der Waals surface area contributed by atoms with Crippen LogP contribution in [0, 0.1) is 0 Å². The first kappa shape index (κ1) is 17.2. The monoisotopic (exact) mass is 366 g/mol. The van der Waals surface area contributed by atoms with Crippen LogP contribution < -0.4 is 10.3 Å². The Bertz CT molecular complexity index is 960. The summed E-state index contributed by atoms with van der Waals surface area (Å²) in [5, 5.41) is 2.07. The number of methoxy groups -OCH3 is 1. The number of nitrogens with zero attached hydrogens (tertiary/aromatic N) is 2. The van der Waals surface area contributed by atoms with Crippen molar-refractivity contribution >= 4 is 22.7 Å². The molecular weight excluding hydrogens is 344 g/mol. The molecule has 4 rings (SSSR count). The van der Waals surface area contributed by atoms with Gasteiger partial charge in [-0.1, -0.05) is 48.9 Å². The lowest BCUT2D eigenvalue weighted by Gasteiger charge is -2.16. The predicted octanol–water partition coefficient (Wildman–Crippen LogP) is 4.49. The second-order valence-electron chi connectivity index (χ2n) is 6.68. The molecule has 2 aromatic carbocycles. The van der Waals surface area contributed by atoms with Gasteiger partial charge in [0.15, 0.2) is 5.16 Å². The van der Waals surface area contributed by atoms with Gasteiger partial charge in [-0.2, -0.15) is 0 Å². The number of aromatic nitrogens is 2. The van der Waals surface area contributed by atoms with Crippen molar-refractivity contribution < 1.29 is 4.74 Å². The minimum atomic E-state index is 0.0342. The number of hydrogen-bond acceptors (Lipinski definition) is 4. The van der Waals surface area contributed by atoms with Crippen molar-refractivity contribution in [3.8, 4) is 5.75 Å². The lowest BCUT2D eigenvalue weighted by atomic mass is 10.2. The molecule has 134 valence electrons. The molecule has 26 heavy (non-hydrogen) atoms. The molecule has 1 aliphatic rings. The van der Waals surface area contributed by atoms with Gasteiger partial charge in [-0.25, -0.2) is 4.98 Å². The highest BCUT2D eigenvalue weighted by Gasteiger charge is 2.20. The predicted molar refractivity (Wildman–Crippen MR) is 106 cm³/mol. The van der Waals surface area contributed by atoms with E-state index in [2.05, 4.69) is 0 Å². The number of para-hydroxylation sites is 1. The van der Waals surface area contributed by atoms with Crippen LogP contribution in [-0.2, 0) is 6.54 Å². The zero-order valence-electron chi connectivity index (χ0n) is 14.9. The van der Waals surface area contributed by atoms with E-state index in [1.807, 2.05) is 53.1 Å². The maximum absolute atomic E-state index is 13.1. The first-order valence-corrected chi connectivity index (χ1v) is 9.92. The van der Waals surface area contributed by atoms with Gasteiger partial charge >= 0.3 is 0 Å². The van der Waals surface area contributed by atoms with Gasteiger partial charge in [0.1, 0.15) is 5.75 Å². The fraction of sp³-hybridized carbons (Fsp3) is 0.333. The summed E-state index contributed by atoms with van der Waals surface area (Å²) in [4.78, 5) is 18.0. The molecule has 1 aromatic heterocycles. The Morgan fingerprint density at radius 1 is 1.12 bits per heavy atom. The molecule has 0 bridgehead atoms. The lowest BCUT2D eigenvalue weighted by molar-refractivity contribution is 0.414. The molecule has 0 amide bonds. The highest BCUT2D eigenvalue weighted by atomic mass is 32.2. The van der Waals surface area contributed by atoms with E-state index in [1.165, 1.54) is 25.7 Å². The van der Waals surface area contributed by atoms with Crippen molar-refractivity contribution in [2.45, 2.75) is 42.6 Å². The molecule has 1 saturated carbocycles. The standard InChI is InChI=1S/C21H22N2O2S/c1-25-16-12-10-15(11-13-16)14-23-20(24)18-8-4-5-9-19(18)22-21(23)26-17-6-2-3-7-17/h4-5,8-13,17H,2-3,6-7,14H2,1H3. The molecule has 0 aliphatic heterocycles. The molecule has 4 nitrogen and oxygen atoms in total. The molecule has 1 fully saturated rings. The van der Waals surface area contributed by atoms with Gasteiger partial charge in [-0.05, 0) is 42.7 Å². The van der Waals surface area contributed by atoms with E-state index in [0.717, 1.165) is 22.0 Å². The van der Waals surface area contributed by atoms with E-state index >= 15 is 0 Å². The van der Waals surface area contributed by atoms with E-state index in [1.54, 1.807) is 18.9 Å². The summed E-state index contributed by atoms with van der Waals surface area (Å²) in [6, 6.07) is 15.5. The van der Waals surface area contributed by atoms with Crippen LogP contribution in [-0.4, -0.2) is 21.9 Å². The molecule has 0 unspecified atom stereocenters. The maximum Gasteiger partial charge on any atom is 0.262 e. The van der Waals surface area contributed by atoms with Crippen LogP contribution in [0.15, 0.2) is 58.5 Å². The SMILES string of the molecule is COc1ccc(Cn2c(SC3CCCC3)nc3ccccc3c2=O)cc1. The second kappa shape index (κ2) is 7.54.